The summed E-state index contributed by atoms with van der Waals surface area (Å²) in [4.78, 5) is 12.4. The lowest BCUT2D eigenvalue weighted by molar-refractivity contribution is -0.133. The molecule has 1 aliphatic rings. The molecule has 0 bridgehead atoms. The summed E-state index contributed by atoms with van der Waals surface area (Å²) in [6.45, 7) is 4.14. The molecule has 2 N–H and O–H groups in total. The van der Waals surface area contributed by atoms with Crippen molar-refractivity contribution in [3.8, 4) is 0 Å². The maximum Gasteiger partial charge on any atom is 0.232 e. The number of aliphatic hydroxyl groups is 1. The smallest absolute Gasteiger partial charge is 0.232 e. The van der Waals surface area contributed by atoms with Crippen LogP contribution in [-0.2, 0) is 17.6 Å². The fourth-order valence-electron chi connectivity index (χ4n) is 2.71. The number of para-hydroxylation sites is 1. The van der Waals surface area contributed by atoms with Gasteiger partial charge in [0.1, 0.15) is 0 Å². The number of carbonyl (C=O) groups is 1. The van der Waals surface area contributed by atoms with Crippen molar-refractivity contribution in [1.29, 1.82) is 0 Å². The summed E-state index contributed by atoms with van der Waals surface area (Å²) in [7, 11) is 0. The van der Waals surface area contributed by atoms with E-state index in [1.807, 2.05) is 6.07 Å². The zero-order valence-corrected chi connectivity index (χ0v) is 11.8. The second-order valence-electron chi connectivity index (χ2n) is 5.40. The van der Waals surface area contributed by atoms with Crippen LogP contribution in [0.5, 0.6) is 0 Å². The predicted octanol–water partition coefficient (Wildman–Crippen LogP) is 2.91. The van der Waals surface area contributed by atoms with Crippen LogP contribution >= 0.6 is 0 Å². The monoisotopic (exact) mass is 261 g/mol. The Morgan fingerprint density at radius 3 is 2.21 bits per heavy atom. The summed E-state index contributed by atoms with van der Waals surface area (Å²) in [6, 6.07) is 6.15. The van der Waals surface area contributed by atoms with Crippen LogP contribution in [0.1, 0.15) is 44.2 Å². The Morgan fingerprint density at radius 1 is 1.26 bits per heavy atom. The first-order valence-corrected chi connectivity index (χ1v) is 7.20. The maximum absolute atomic E-state index is 12.4. The molecule has 1 aliphatic carbocycles. The molecule has 0 heterocycles. The van der Waals surface area contributed by atoms with Gasteiger partial charge in [0.15, 0.2) is 0 Å². The van der Waals surface area contributed by atoms with E-state index in [2.05, 4.69) is 31.3 Å². The van der Waals surface area contributed by atoms with Gasteiger partial charge < -0.3 is 10.4 Å². The quantitative estimate of drug-likeness (QED) is 0.856. The molecule has 19 heavy (non-hydrogen) atoms. The van der Waals surface area contributed by atoms with Crippen LogP contribution in [0.3, 0.4) is 0 Å². The van der Waals surface area contributed by atoms with Gasteiger partial charge in [-0.2, -0.15) is 0 Å². The van der Waals surface area contributed by atoms with Gasteiger partial charge in [-0.1, -0.05) is 38.5 Å². The van der Waals surface area contributed by atoms with Gasteiger partial charge in [-0.05, 0) is 36.8 Å². The SMILES string of the molecule is CCc1cccc(CC)c1NC(=O)C1(CO)CCC1. The number of rotatable bonds is 5. The van der Waals surface area contributed by atoms with Crippen molar-refractivity contribution in [2.75, 3.05) is 11.9 Å². The van der Waals surface area contributed by atoms with Crippen molar-refractivity contribution < 1.29 is 9.90 Å². The average molecular weight is 261 g/mol. The second kappa shape index (κ2) is 5.74. The van der Waals surface area contributed by atoms with Crippen molar-refractivity contribution in [3.63, 3.8) is 0 Å². The van der Waals surface area contributed by atoms with E-state index in [4.69, 9.17) is 0 Å². The Morgan fingerprint density at radius 2 is 1.84 bits per heavy atom. The number of amides is 1. The molecule has 2 rings (SSSR count). The first kappa shape index (κ1) is 14.1. The zero-order valence-electron chi connectivity index (χ0n) is 11.8. The van der Waals surface area contributed by atoms with Gasteiger partial charge in [0.05, 0.1) is 12.0 Å². The molecule has 0 radical (unpaired) electrons. The minimum Gasteiger partial charge on any atom is -0.395 e. The van der Waals surface area contributed by atoms with Crippen LogP contribution in [0.15, 0.2) is 18.2 Å². The number of nitrogens with one attached hydrogen (secondary N) is 1. The lowest BCUT2D eigenvalue weighted by atomic mass is 9.68. The van der Waals surface area contributed by atoms with E-state index in [0.29, 0.717) is 0 Å². The molecular formula is C16H23NO2. The normalized spacial score (nSPS) is 16.8. The summed E-state index contributed by atoms with van der Waals surface area (Å²) >= 11 is 0. The van der Waals surface area contributed by atoms with Gasteiger partial charge >= 0.3 is 0 Å². The van der Waals surface area contributed by atoms with E-state index in [1.54, 1.807) is 0 Å². The zero-order chi connectivity index (χ0) is 13.9. The van der Waals surface area contributed by atoms with Crippen LogP contribution in [0.2, 0.25) is 0 Å². The highest BCUT2D eigenvalue weighted by atomic mass is 16.3. The van der Waals surface area contributed by atoms with E-state index < -0.39 is 5.41 Å². The van der Waals surface area contributed by atoms with Crippen LogP contribution in [-0.4, -0.2) is 17.6 Å². The molecule has 0 aromatic heterocycles. The third-order valence-corrected chi connectivity index (χ3v) is 4.33. The Labute approximate surface area is 115 Å². The summed E-state index contributed by atoms with van der Waals surface area (Å²) in [5, 5.41) is 12.6. The molecule has 1 fully saturated rings. The largest absolute Gasteiger partial charge is 0.395 e. The Bertz CT molecular complexity index is 436. The average Bonchev–Trinajstić information content (AvgIpc) is 2.38. The predicted molar refractivity (Wildman–Crippen MR) is 77.2 cm³/mol. The number of hydrogen-bond donors (Lipinski definition) is 2. The van der Waals surface area contributed by atoms with Crippen molar-refractivity contribution in [2.45, 2.75) is 46.0 Å². The first-order valence-electron chi connectivity index (χ1n) is 7.20. The van der Waals surface area contributed by atoms with Gasteiger partial charge in [0.2, 0.25) is 5.91 Å². The molecule has 0 unspecified atom stereocenters. The van der Waals surface area contributed by atoms with Crippen LogP contribution < -0.4 is 5.32 Å². The number of hydrogen-bond acceptors (Lipinski definition) is 2. The minimum absolute atomic E-state index is 0.0168. The van der Waals surface area contributed by atoms with Crippen molar-refractivity contribution in [2.24, 2.45) is 5.41 Å². The lowest BCUT2D eigenvalue weighted by Crippen LogP contribution is -2.45. The van der Waals surface area contributed by atoms with Crippen LogP contribution in [0, 0.1) is 5.41 Å². The van der Waals surface area contributed by atoms with Gasteiger partial charge in [-0.15, -0.1) is 0 Å². The molecule has 1 aromatic carbocycles. The fraction of sp³-hybridized carbons (Fsp3) is 0.562. The number of carbonyl (C=O) groups excluding carboxylic acids is 1. The third-order valence-electron chi connectivity index (χ3n) is 4.33. The molecule has 3 heteroatoms. The van der Waals surface area contributed by atoms with Gasteiger partial charge in [0.25, 0.3) is 0 Å². The number of aryl methyl sites for hydroxylation is 2. The van der Waals surface area contributed by atoms with E-state index in [1.165, 1.54) is 11.1 Å². The fourth-order valence-corrected chi connectivity index (χ4v) is 2.71. The first-order chi connectivity index (χ1) is 9.16. The number of anilines is 1. The molecule has 3 nitrogen and oxygen atoms in total. The van der Waals surface area contributed by atoms with Crippen molar-refractivity contribution >= 4 is 11.6 Å². The van der Waals surface area contributed by atoms with Gasteiger partial charge in [-0.25, -0.2) is 0 Å². The van der Waals surface area contributed by atoms with Crippen molar-refractivity contribution in [1.82, 2.24) is 0 Å². The number of aliphatic hydroxyl groups excluding tert-OH is 1. The molecule has 1 amide bonds. The van der Waals surface area contributed by atoms with Gasteiger partial charge in [-0.3, -0.25) is 4.79 Å². The Balaban J connectivity index is 2.25. The van der Waals surface area contributed by atoms with Gasteiger partial charge in [0, 0.05) is 5.69 Å². The Hall–Kier alpha value is -1.35. The molecule has 1 saturated carbocycles. The molecule has 0 spiro atoms. The minimum atomic E-state index is -0.536. The van der Waals surface area contributed by atoms with Crippen molar-refractivity contribution in [3.05, 3.63) is 29.3 Å². The highest BCUT2D eigenvalue weighted by Gasteiger charge is 2.43. The van der Waals surface area contributed by atoms with E-state index >= 15 is 0 Å². The van der Waals surface area contributed by atoms with Crippen LogP contribution in [0.4, 0.5) is 5.69 Å². The molecule has 104 valence electrons. The van der Waals surface area contributed by atoms with Crippen LogP contribution in [0.25, 0.3) is 0 Å². The summed E-state index contributed by atoms with van der Waals surface area (Å²) in [6.07, 6.45) is 4.42. The van der Waals surface area contributed by atoms with E-state index in [-0.39, 0.29) is 12.5 Å². The molecule has 0 saturated heterocycles. The maximum atomic E-state index is 12.4. The topological polar surface area (TPSA) is 49.3 Å². The second-order valence-corrected chi connectivity index (χ2v) is 5.40. The lowest BCUT2D eigenvalue weighted by Gasteiger charge is -2.38. The Kier molecular flexibility index (Phi) is 4.25. The third kappa shape index (κ3) is 2.52. The number of benzene rings is 1. The van der Waals surface area contributed by atoms with E-state index in [0.717, 1.165) is 37.8 Å². The van der Waals surface area contributed by atoms with E-state index in [9.17, 15) is 9.90 Å². The highest BCUT2D eigenvalue weighted by Crippen LogP contribution is 2.41. The summed E-state index contributed by atoms with van der Waals surface area (Å²) < 4.78 is 0. The molecule has 0 aliphatic heterocycles. The standard InChI is InChI=1S/C16H23NO2/c1-3-12-7-5-8-13(4-2)14(12)17-15(19)16(11-18)9-6-10-16/h5,7-8,18H,3-4,6,9-11H2,1-2H3,(H,17,19). The molecule has 1 aromatic rings. The molecule has 0 atom stereocenters. The highest BCUT2D eigenvalue weighted by molar-refractivity contribution is 5.97. The molecular weight excluding hydrogens is 238 g/mol. The summed E-state index contributed by atoms with van der Waals surface area (Å²) in [5.74, 6) is -0.0168. The summed E-state index contributed by atoms with van der Waals surface area (Å²) in [5.41, 5.74) is 2.75.